The molecular formula is C20H28FN3O4. The maximum Gasteiger partial charge on any atom is 0.374 e. The molecule has 0 N–H and O–H groups in total. The fraction of sp³-hybridized carbons (Fsp3) is 0.600. The molecule has 2 aromatic rings. The van der Waals surface area contributed by atoms with E-state index in [9.17, 15) is 9.32 Å². The van der Waals surface area contributed by atoms with E-state index in [2.05, 4.69) is 26.5 Å². The van der Waals surface area contributed by atoms with Crippen LogP contribution in [-0.2, 0) is 25.8 Å². The molecule has 0 amide bonds. The largest absolute Gasteiger partial charge is 0.380 e. The van der Waals surface area contributed by atoms with E-state index in [0.717, 1.165) is 49.3 Å². The quantitative estimate of drug-likeness (QED) is 0.579. The third kappa shape index (κ3) is 5.27. The van der Waals surface area contributed by atoms with Gasteiger partial charge in [0.15, 0.2) is 0 Å². The smallest absolute Gasteiger partial charge is 0.374 e. The molecule has 0 unspecified atom stereocenters. The lowest BCUT2D eigenvalue weighted by molar-refractivity contribution is -0.188. The van der Waals surface area contributed by atoms with Crippen LogP contribution in [0.2, 0.25) is 0 Å². The first-order valence-electron chi connectivity index (χ1n) is 9.87. The summed E-state index contributed by atoms with van der Waals surface area (Å²) in [6, 6.07) is 8.25. The van der Waals surface area contributed by atoms with E-state index in [0.29, 0.717) is 32.3 Å². The van der Waals surface area contributed by atoms with Gasteiger partial charge in [0, 0.05) is 30.1 Å². The van der Waals surface area contributed by atoms with Crippen LogP contribution >= 0.6 is 0 Å². The number of hydrogen-bond acceptors (Lipinski definition) is 6. The van der Waals surface area contributed by atoms with Gasteiger partial charge in [-0.1, -0.05) is 12.1 Å². The van der Waals surface area contributed by atoms with Gasteiger partial charge in [0.25, 0.3) is 0 Å². The monoisotopic (exact) mass is 393 g/mol. The summed E-state index contributed by atoms with van der Waals surface area (Å²) in [5, 5.41) is 0. The summed E-state index contributed by atoms with van der Waals surface area (Å²) in [6.07, 6.45) is 2.04. The van der Waals surface area contributed by atoms with E-state index in [4.69, 9.17) is 14.5 Å². The first-order chi connectivity index (χ1) is 13.7. The van der Waals surface area contributed by atoms with Gasteiger partial charge in [0.1, 0.15) is 12.4 Å². The third-order valence-electron chi connectivity index (χ3n) is 5.16. The number of carbonyl (C=O) groups is 1. The van der Waals surface area contributed by atoms with Gasteiger partial charge in [0.2, 0.25) is 0 Å². The van der Waals surface area contributed by atoms with Crippen LogP contribution in [0.4, 0.5) is 4.53 Å². The number of para-hydroxylation sites is 2. The molecule has 154 valence electrons. The maximum atomic E-state index is 11.6. The van der Waals surface area contributed by atoms with Gasteiger partial charge in [0.05, 0.1) is 24.2 Å². The van der Waals surface area contributed by atoms with Crippen LogP contribution in [0, 0.1) is 0 Å². The van der Waals surface area contributed by atoms with Crippen LogP contribution in [0.25, 0.3) is 11.0 Å². The number of fused-ring (bicyclic) bond motifs is 1. The first kappa shape index (κ1) is 20.7. The van der Waals surface area contributed by atoms with Crippen molar-refractivity contribution in [2.45, 2.75) is 32.2 Å². The zero-order valence-corrected chi connectivity index (χ0v) is 16.3. The molecule has 1 aromatic carbocycles. The maximum absolute atomic E-state index is 11.6. The van der Waals surface area contributed by atoms with Crippen molar-refractivity contribution in [3.63, 3.8) is 0 Å². The summed E-state index contributed by atoms with van der Waals surface area (Å²) in [6.45, 7) is 6.84. The van der Waals surface area contributed by atoms with Crippen molar-refractivity contribution in [3.8, 4) is 0 Å². The molecule has 1 aliphatic rings. The number of hydrogen-bond donors (Lipinski definition) is 0. The van der Waals surface area contributed by atoms with Crippen LogP contribution in [0.15, 0.2) is 24.3 Å². The van der Waals surface area contributed by atoms with Gasteiger partial charge in [-0.3, -0.25) is 4.94 Å². The van der Waals surface area contributed by atoms with E-state index in [-0.39, 0.29) is 6.61 Å². The Balaban J connectivity index is 1.57. The van der Waals surface area contributed by atoms with Crippen molar-refractivity contribution in [1.82, 2.24) is 14.5 Å². The Morgan fingerprint density at radius 2 is 1.93 bits per heavy atom. The average Bonchev–Trinajstić information content (AvgIpc) is 3.10. The van der Waals surface area contributed by atoms with Gasteiger partial charge >= 0.3 is 5.97 Å². The third-order valence-corrected chi connectivity index (χ3v) is 5.16. The second-order valence-electron chi connectivity index (χ2n) is 6.92. The Labute approximate surface area is 164 Å². The molecule has 0 radical (unpaired) electrons. The average molecular weight is 393 g/mol. The molecule has 1 aromatic heterocycles. The van der Waals surface area contributed by atoms with Gasteiger partial charge in [-0.15, -0.1) is 0 Å². The summed E-state index contributed by atoms with van der Waals surface area (Å²) < 4.78 is 24.6. The van der Waals surface area contributed by atoms with Crippen LogP contribution in [-0.4, -0.2) is 66.5 Å². The summed E-state index contributed by atoms with van der Waals surface area (Å²) >= 11 is 0. The fourth-order valence-corrected chi connectivity index (χ4v) is 3.73. The van der Waals surface area contributed by atoms with Crippen LogP contribution in [0.3, 0.4) is 0 Å². The van der Waals surface area contributed by atoms with Crippen molar-refractivity contribution in [2.24, 2.45) is 0 Å². The van der Waals surface area contributed by atoms with E-state index in [1.807, 2.05) is 19.1 Å². The molecule has 2 heterocycles. The van der Waals surface area contributed by atoms with Gasteiger partial charge < -0.3 is 18.9 Å². The van der Waals surface area contributed by atoms with Gasteiger partial charge in [-0.2, -0.15) is 0 Å². The summed E-state index contributed by atoms with van der Waals surface area (Å²) in [4.78, 5) is 21.0. The zero-order chi connectivity index (χ0) is 19.8. The molecule has 3 rings (SSSR count). The van der Waals surface area contributed by atoms with E-state index in [1.165, 1.54) is 0 Å². The lowest BCUT2D eigenvalue weighted by Crippen LogP contribution is -2.36. The van der Waals surface area contributed by atoms with Crippen LogP contribution < -0.4 is 0 Å². The van der Waals surface area contributed by atoms with Gasteiger partial charge in [-0.05, 0) is 45.0 Å². The van der Waals surface area contributed by atoms with Gasteiger partial charge in [-0.25, -0.2) is 9.78 Å². The van der Waals surface area contributed by atoms with E-state index in [1.54, 1.807) is 0 Å². The highest BCUT2D eigenvalue weighted by molar-refractivity contribution is 5.76. The Kier molecular flexibility index (Phi) is 7.76. The molecule has 1 fully saturated rings. The van der Waals surface area contributed by atoms with Crippen LogP contribution in [0.1, 0.15) is 31.5 Å². The Morgan fingerprint density at radius 1 is 1.18 bits per heavy atom. The number of carbonyl (C=O) groups excluding carboxylic acids is 1. The van der Waals surface area contributed by atoms with Crippen molar-refractivity contribution in [1.29, 1.82) is 0 Å². The lowest BCUT2D eigenvalue weighted by Gasteiger charge is -2.31. The first-order valence-corrected chi connectivity index (χ1v) is 9.87. The minimum Gasteiger partial charge on any atom is -0.380 e. The Morgan fingerprint density at radius 3 is 2.68 bits per heavy atom. The fourth-order valence-electron chi connectivity index (χ4n) is 3.73. The number of benzene rings is 1. The number of imidazole rings is 1. The number of piperidine rings is 1. The standard InChI is InChI=1S/C20H28FN3O4/c1-2-26-14-12-24-18-6-4-3-5-17(18)22-20(24)16-7-9-23(10-8-16)11-13-27-15-19(25)28-21/h3-6,16H,2,7-15H2,1H3. The second-order valence-corrected chi connectivity index (χ2v) is 6.92. The molecule has 0 bridgehead atoms. The molecule has 8 heteroatoms. The van der Waals surface area contributed by atoms with E-state index >= 15 is 0 Å². The number of halogens is 1. The zero-order valence-electron chi connectivity index (χ0n) is 16.3. The minimum absolute atomic E-state index is 0.350. The summed E-state index contributed by atoms with van der Waals surface area (Å²) in [5.74, 6) is 0.555. The number of aromatic nitrogens is 2. The minimum atomic E-state index is -0.996. The molecular weight excluding hydrogens is 365 g/mol. The molecule has 1 aliphatic heterocycles. The SMILES string of the molecule is CCOCCn1c(C2CCN(CCOCC(=O)OF)CC2)nc2ccccc21. The predicted molar refractivity (Wildman–Crippen MR) is 103 cm³/mol. The van der Waals surface area contributed by atoms with E-state index < -0.39 is 5.97 Å². The Bertz CT molecular complexity index is 759. The number of likely N-dealkylation sites (tertiary alicyclic amines) is 1. The summed E-state index contributed by atoms with van der Waals surface area (Å²) in [7, 11) is 0. The molecule has 0 aliphatic carbocycles. The predicted octanol–water partition coefficient (Wildman–Crippen LogP) is 2.70. The van der Waals surface area contributed by atoms with Crippen molar-refractivity contribution in [3.05, 3.63) is 30.1 Å². The molecule has 7 nitrogen and oxygen atoms in total. The van der Waals surface area contributed by atoms with Crippen LogP contribution in [0.5, 0.6) is 0 Å². The molecule has 0 saturated carbocycles. The number of ether oxygens (including phenoxy) is 2. The number of rotatable bonds is 10. The molecule has 1 saturated heterocycles. The second kappa shape index (κ2) is 10.5. The molecule has 0 atom stereocenters. The highest BCUT2D eigenvalue weighted by Gasteiger charge is 2.25. The van der Waals surface area contributed by atoms with Crippen molar-refractivity contribution in [2.75, 3.05) is 46.1 Å². The Hall–Kier alpha value is -2.03. The normalized spacial score (nSPS) is 15.9. The van der Waals surface area contributed by atoms with Crippen molar-refractivity contribution >= 4 is 17.0 Å². The highest BCUT2D eigenvalue weighted by Crippen LogP contribution is 2.30. The molecule has 0 spiro atoms. The number of nitrogens with zero attached hydrogens (tertiary/aromatic N) is 3. The molecule has 28 heavy (non-hydrogen) atoms. The topological polar surface area (TPSA) is 65.8 Å². The summed E-state index contributed by atoms with van der Waals surface area (Å²) in [5.41, 5.74) is 2.19. The highest BCUT2D eigenvalue weighted by atomic mass is 19.3. The lowest BCUT2D eigenvalue weighted by atomic mass is 9.96. The van der Waals surface area contributed by atoms with Crippen molar-refractivity contribution < 1.29 is 23.7 Å².